The average Bonchev–Trinajstić information content (AvgIpc) is 2.89. The number of pyridine rings is 1. The molecular formula is C16H14N2O2S. The summed E-state index contributed by atoms with van der Waals surface area (Å²) in [6, 6.07) is 11.8. The standard InChI is InChI=1S/C16H14N2O2S/c1-11-15(12-7-9-17-10-8-12)16(18-20-11)21-14-5-3-13(19-2)4-6-14/h3-10H,1-2H3. The Kier molecular flexibility index (Phi) is 3.92. The monoisotopic (exact) mass is 298 g/mol. The number of aromatic nitrogens is 2. The summed E-state index contributed by atoms with van der Waals surface area (Å²) in [7, 11) is 1.66. The molecule has 0 fully saturated rings. The van der Waals surface area contributed by atoms with Gasteiger partial charge in [0.1, 0.15) is 11.5 Å². The van der Waals surface area contributed by atoms with Gasteiger partial charge in [0.15, 0.2) is 5.03 Å². The van der Waals surface area contributed by atoms with E-state index in [2.05, 4.69) is 10.1 Å². The van der Waals surface area contributed by atoms with Crippen molar-refractivity contribution in [2.45, 2.75) is 16.8 Å². The lowest BCUT2D eigenvalue weighted by molar-refractivity contribution is 0.384. The molecule has 106 valence electrons. The molecular weight excluding hydrogens is 284 g/mol. The van der Waals surface area contributed by atoms with Gasteiger partial charge >= 0.3 is 0 Å². The molecule has 2 heterocycles. The van der Waals surface area contributed by atoms with Crippen LogP contribution in [-0.2, 0) is 0 Å². The van der Waals surface area contributed by atoms with Crippen molar-refractivity contribution in [3.05, 3.63) is 54.6 Å². The number of hydrogen-bond donors (Lipinski definition) is 0. The molecule has 0 bridgehead atoms. The molecule has 0 saturated carbocycles. The van der Waals surface area contributed by atoms with E-state index in [0.717, 1.165) is 32.6 Å². The van der Waals surface area contributed by atoms with E-state index < -0.39 is 0 Å². The number of ether oxygens (including phenoxy) is 1. The summed E-state index contributed by atoms with van der Waals surface area (Å²) in [4.78, 5) is 5.13. The molecule has 0 aliphatic rings. The zero-order valence-corrected chi connectivity index (χ0v) is 12.6. The highest BCUT2D eigenvalue weighted by Gasteiger charge is 2.16. The Labute approximate surface area is 127 Å². The van der Waals surface area contributed by atoms with Gasteiger partial charge in [-0.3, -0.25) is 4.98 Å². The molecule has 0 atom stereocenters. The molecule has 0 aliphatic heterocycles. The van der Waals surface area contributed by atoms with Crippen molar-refractivity contribution in [3.63, 3.8) is 0 Å². The predicted molar refractivity (Wildman–Crippen MR) is 81.6 cm³/mol. The summed E-state index contributed by atoms with van der Waals surface area (Å²) in [5, 5.41) is 5.02. The molecule has 3 rings (SSSR count). The van der Waals surface area contributed by atoms with Gasteiger partial charge in [-0.2, -0.15) is 0 Å². The molecule has 5 heteroatoms. The summed E-state index contributed by atoms with van der Waals surface area (Å²) >= 11 is 1.57. The number of rotatable bonds is 4. The Balaban J connectivity index is 1.92. The topological polar surface area (TPSA) is 48.2 Å². The van der Waals surface area contributed by atoms with Crippen LogP contribution in [0, 0.1) is 6.92 Å². The summed E-state index contributed by atoms with van der Waals surface area (Å²) < 4.78 is 10.5. The lowest BCUT2D eigenvalue weighted by atomic mass is 10.1. The highest BCUT2D eigenvalue weighted by molar-refractivity contribution is 7.99. The first-order valence-corrected chi connectivity index (χ1v) is 7.28. The molecule has 0 unspecified atom stereocenters. The number of benzene rings is 1. The third kappa shape index (κ3) is 2.92. The van der Waals surface area contributed by atoms with Crippen molar-refractivity contribution < 1.29 is 9.26 Å². The Morgan fingerprint density at radius 2 is 1.76 bits per heavy atom. The minimum Gasteiger partial charge on any atom is -0.497 e. The summed E-state index contributed by atoms with van der Waals surface area (Å²) in [6.45, 7) is 1.92. The lowest BCUT2D eigenvalue weighted by Crippen LogP contribution is -1.84. The van der Waals surface area contributed by atoms with Crippen LogP contribution in [0.15, 0.2) is 63.2 Å². The maximum atomic E-state index is 5.35. The van der Waals surface area contributed by atoms with Crippen LogP contribution in [-0.4, -0.2) is 17.3 Å². The minimum absolute atomic E-state index is 0.803. The third-order valence-corrected chi connectivity index (χ3v) is 4.05. The van der Waals surface area contributed by atoms with Crippen molar-refractivity contribution in [3.8, 4) is 16.9 Å². The van der Waals surface area contributed by atoms with Crippen molar-refractivity contribution in [1.82, 2.24) is 10.1 Å². The first-order chi connectivity index (χ1) is 10.3. The molecule has 0 N–H and O–H groups in total. The van der Waals surface area contributed by atoms with Gasteiger partial charge in [0.2, 0.25) is 0 Å². The van der Waals surface area contributed by atoms with Gasteiger partial charge in [0.05, 0.1) is 12.7 Å². The summed E-state index contributed by atoms with van der Waals surface area (Å²) in [5.41, 5.74) is 2.07. The highest BCUT2D eigenvalue weighted by atomic mass is 32.2. The smallest absolute Gasteiger partial charge is 0.152 e. The van der Waals surface area contributed by atoms with Crippen LogP contribution in [0.1, 0.15) is 5.76 Å². The van der Waals surface area contributed by atoms with Crippen LogP contribution < -0.4 is 4.74 Å². The number of hydrogen-bond acceptors (Lipinski definition) is 5. The molecule has 21 heavy (non-hydrogen) atoms. The molecule has 2 aromatic heterocycles. The number of methoxy groups -OCH3 is 1. The van der Waals surface area contributed by atoms with Crippen LogP contribution in [0.25, 0.3) is 11.1 Å². The van der Waals surface area contributed by atoms with Crippen LogP contribution in [0.3, 0.4) is 0 Å². The third-order valence-electron chi connectivity index (χ3n) is 3.07. The van der Waals surface area contributed by atoms with Crippen LogP contribution in [0.5, 0.6) is 5.75 Å². The van der Waals surface area contributed by atoms with Gasteiger partial charge in [0.25, 0.3) is 0 Å². The van der Waals surface area contributed by atoms with E-state index in [4.69, 9.17) is 9.26 Å². The fraction of sp³-hybridized carbons (Fsp3) is 0.125. The summed E-state index contributed by atoms with van der Waals surface area (Å²) in [6.07, 6.45) is 3.53. The van der Waals surface area contributed by atoms with Crippen molar-refractivity contribution in [1.29, 1.82) is 0 Å². The lowest BCUT2D eigenvalue weighted by Gasteiger charge is -2.04. The molecule has 0 amide bonds. The van der Waals surface area contributed by atoms with E-state index in [9.17, 15) is 0 Å². The van der Waals surface area contributed by atoms with E-state index in [1.54, 1.807) is 31.3 Å². The van der Waals surface area contributed by atoms with E-state index in [-0.39, 0.29) is 0 Å². The second-order valence-corrected chi connectivity index (χ2v) is 5.49. The molecule has 1 aromatic carbocycles. The molecule has 4 nitrogen and oxygen atoms in total. The molecule has 0 aliphatic carbocycles. The highest BCUT2D eigenvalue weighted by Crippen LogP contribution is 2.37. The second kappa shape index (κ2) is 6.01. The Bertz CT molecular complexity index is 724. The average molecular weight is 298 g/mol. The first kappa shape index (κ1) is 13.7. The zero-order valence-electron chi connectivity index (χ0n) is 11.7. The Morgan fingerprint density at radius 1 is 1.05 bits per heavy atom. The van der Waals surface area contributed by atoms with Crippen molar-refractivity contribution in [2.75, 3.05) is 7.11 Å². The normalized spacial score (nSPS) is 10.6. The number of nitrogens with zero attached hydrogens (tertiary/aromatic N) is 2. The molecule has 0 spiro atoms. The van der Waals surface area contributed by atoms with Crippen molar-refractivity contribution >= 4 is 11.8 Å². The Hall–Kier alpha value is -2.27. The molecule has 3 aromatic rings. The van der Waals surface area contributed by atoms with Crippen LogP contribution >= 0.6 is 11.8 Å². The molecule has 0 radical (unpaired) electrons. The quantitative estimate of drug-likeness (QED) is 0.722. The van der Waals surface area contributed by atoms with Crippen LogP contribution in [0.2, 0.25) is 0 Å². The van der Waals surface area contributed by atoms with Crippen LogP contribution in [0.4, 0.5) is 0 Å². The fourth-order valence-corrected chi connectivity index (χ4v) is 2.96. The Morgan fingerprint density at radius 3 is 2.43 bits per heavy atom. The zero-order chi connectivity index (χ0) is 14.7. The maximum absolute atomic E-state index is 5.35. The van der Waals surface area contributed by atoms with Gasteiger partial charge in [-0.25, -0.2) is 0 Å². The van der Waals surface area contributed by atoms with E-state index in [1.807, 2.05) is 43.3 Å². The van der Waals surface area contributed by atoms with Gasteiger partial charge < -0.3 is 9.26 Å². The van der Waals surface area contributed by atoms with Gasteiger partial charge in [-0.1, -0.05) is 16.9 Å². The van der Waals surface area contributed by atoms with Gasteiger partial charge in [-0.15, -0.1) is 0 Å². The van der Waals surface area contributed by atoms with Crippen molar-refractivity contribution in [2.24, 2.45) is 0 Å². The minimum atomic E-state index is 0.803. The van der Waals surface area contributed by atoms with E-state index in [0.29, 0.717) is 0 Å². The number of aryl methyl sites for hydroxylation is 1. The van der Waals surface area contributed by atoms with Gasteiger partial charge in [-0.05, 0) is 48.9 Å². The maximum Gasteiger partial charge on any atom is 0.152 e. The fourth-order valence-electron chi connectivity index (χ4n) is 2.02. The van der Waals surface area contributed by atoms with Gasteiger partial charge in [0, 0.05) is 17.3 Å². The molecule has 0 saturated heterocycles. The largest absolute Gasteiger partial charge is 0.497 e. The second-order valence-electron chi connectivity index (χ2n) is 4.43. The first-order valence-electron chi connectivity index (χ1n) is 6.46. The summed E-state index contributed by atoms with van der Waals surface area (Å²) in [5.74, 6) is 1.64. The predicted octanol–water partition coefficient (Wildman–Crippen LogP) is 4.20. The van der Waals surface area contributed by atoms with E-state index in [1.165, 1.54) is 0 Å². The van der Waals surface area contributed by atoms with E-state index >= 15 is 0 Å². The SMILES string of the molecule is COc1ccc(Sc2noc(C)c2-c2ccncc2)cc1.